The number of fused-ring (bicyclic) bond motifs is 1. The van der Waals surface area contributed by atoms with E-state index >= 15 is 0 Å². The molecule has 0 bridgehead atoms. The van der Waals surface area contributed by atoms with E-state index in [-0.39, 0.29) is 17.7 Å². The normalized spacial score (nSPS) is 11.8. The fraction of sp³-hybridized carbons (Fsp3) is 0.300. The summed E-state index contributed by atoms with van der Waals surface area (Å²) < 4.78 is 0. The van der Waals surface area contributed by atoms with Crippen molar-refractivity contribution in [1.82, 2.24) is 30.5 Å². The third kappa shape index (κ3) is 6.94. The minimum atomic E-state index is -0.132. The maximum Gasteiger partial charge on any atom is 0.251 e. The maximum atomic E-state index is 12.4. The number of pyridine rings is 1. The molecule has 0 radical (unpaired) electrons. The monoisotopic (exact) mass is 525 g/mol. The summed E-state index contributed by atoms with van der Waals surface area (Å²) in [5.41, 5.74) is 4.76. The highest BCUT2D eigenvalue weighted by molar-refractivity contribution is 6.06. The van der Waals surface area contributed by atoms with Crippen LogP contribution < -0.4 is 16.0 Å². The molecular weight excluding hydrogens is 490 g/mol. The zero-order chi connectivity index (χ0) is 27.8. The Morgan fingerprint density at radius 3 is 2.51 bits per heavy atom. The van der Waals surface area contributed by atoms with Crippen molar-refractivity contribution in [2.24, 2.45) is 0 Å². The van der Waals surface area contributed by atoms with Crippen LogP contribution in [0.15, 0.2) is 67.1 Å². The molecule has 0 fully saturated rings. The van der Waals surface area contributed by atoms with Crippen LogP contribution in [0.1, 0.15) is 45.5 Å². The molecule has 0 unspecified atom stereocenters. The van der Waals surface area contributed by atoms with Crippen LogP contribution in [0.3, 0.4) is 0 Å². The molecule has 2 heterocycles. The van der Waals surface area contributed by atoms with Gasteiger partial charge < -0.3 is 20.9 Å². The Hall–Kier alpha value is -4.37. The van der Waals surface area contributed by atoms with E-state index in [1.807, 2.05) is 62.6 Å². The third-order valence-corrected chi connectivity index (χ3v) is 6.57. The Kier molecular flexibility index (Phi) is 9.17. The first kappa shape index (κ1) is 27.7. The number of anilines is 1. The van der Waals surface area contributed by atoms with Crippen LogP contribution in [0.5, 0.6) is 0 Å². The minimum absolute atomic E-state index is 0.0790. The smallest absolute Gasteiger partial charge is 0.251 e. The van der Waals surface area contributed by atoms with Crippen LogP contribution >= 0.6 is 0 Å². The van der Waals surface area contributed by atoms with E-state index in [9.17, 15) is 9.59 Å². The van der Waals surface area contributed by atoms with Gasteiger partial charge >= 0.3 is 0 Å². The van der Waals surface area contributed by atoms with E-state index in [1.165, 1.54) is 6.33 Å². The summed E-state index contributed by atoms with van der Waals surface area (Å²) >= 11 is 0. The van der Waals surface area contributed by atoms with Gasteiger partial charge in [0.25, 0.3) is 11.8 Å². The zero-order valence-corrected chi connectivity index (χ0v) is 22.9. The van der Waals surface area contributed by atoms with Gasteiger partial charge in [-0.2, -0.15) is 0 Å². The van der Waals surface area contributed by atoms with Crippen LogP contribution in [-0.4, -0.2) is 72.4 Å². The van der Waals surface area contributed by atoms with Crippen LogP contribution in [0, 0.1) is 0 Å². The topological polar surface area (TPSA) is 112 Å². The number of nitrogens with one attached hydrogen (secondary N) is 3. The lowest BCUT2D eigenvalue weighted by atomic mass is 9.96. The standard InChI is InChI=1S/C30H35N7O2/c1-20(23-7-5-8-24-25(30(39)31-2)13-15-32-28(23)24)18-34-27-17-26(35-19-36-27)21-9-11-22(12-10-21)29(38)33-14-6-16-37(3)4/h5,7-13,15,17,19-20H,6,14,16,18H2,1-4H3,(H,31,39)(H,33,38)(H,34,35,36)/t20-/m1/s1. The summed E-state index contributed by atoms with van der Waals surface area (Å²) in [5, 5.41) is 9.89. The number of rotatable bonds is 11. The molecular formula is C30H35N7O2. The largest absolute Gasteiger partial charge is 0.369 e. The van der Waals surface area contributed by atoms with Crippen molar-refractivity contribution in [3.8, 4) is 11.3 Å². The molecule has 202 valence electrons. The lowest BCUT2D eigenvalue weighted by molar-refractivity contribution is 0.0948. The van der Waals surface area contributed by atoms with Crippen molar-refractivity contribution >= 4 is 28.5 Å². The molecule has 0 aliphatic heterocycles. The molecule has 0 saturated heterocycles. The molecule has 0 aliphatic rings. The van der Waals surface area contributed by atoms with Crippen molar-refractivity contribution in [2.45, 2.75) is 19.3 Å². The van der Waals surface area contributed by atoms with Gasteiger partial charge in [-0.15, -0.1) is 0 Å². The predicted octanol–water partition coefficient (Wildman–Crippen LogP) is 3.95. The Morgan fingerprint density at radius 2 is 1.77 bits per heavy atom. The van der Waals surface area contributed by atoms with Crippen molar-refractivity contribution < 1.29 is 9.59 Å². The quantitative estimate of drug-likeness (QED) is 0.254. The van der Waals surface area contributed by atoms with Gasteiger partial charge in [0, 0.05) is 54.8 Å². The van der Waals surface area contributed by atoms with Crippen LogP contribution in [0.4, 0.5) is 5.82 Å². The first-order valence-electron chi connectivity index (χ1n) is 13.1. The molecule has 2 aromatic heterocycles. The summed E-state index contributed by atoms with van der Waals surface area (Å²) in [6.45, 7) is 4.30. The average Bonchev–Trinajstić information content (AvgIpc) is 2.97. The van der Waals surface area contributed by atoms with Gasteiger partial charge in [-0.3, -0.25) is 14.6 Å². The number of aromatic nitrogens is 3. The maximum absolute atomic E-state index is 12.4. The van der Waals surface area contributed by atoms with Crippen LogP contribution in [0.25, 0.3) is 22.2 Å². The summed E-state index contributed by atoms with van der Waals surface area (Å²) in [6.07, 6.45) is 4.11. The molecule has 4 rings (SSSR count). The number of amides is 2. The second-order valence-electron chi connectivity index (χ2n) is 9.74. The zero-order valence-electron chi connectivity index (χ0n) is 22.9. The van der Waals surface area contributed by atoms with E-state index in [4.69, 9.17) is 0 Å². The third-order valence-electron chi connectivity index (χ3n) is 6.57. The summed E-state index contributed by atoms with van der Waals surface area (Å²) in [6, 6.07) is 17.0. The Bertz CT molecular complexity index is 1440. The fourth-order valence-electron chi connectivity index (χ4n) is 4.40. The van der Waals surface area contributed by atoms with Crippen molar-refractivity contribution in [1.29, 1.82) is 0 Å². The van der Waals surface area contributed by atoms with Gasteiger partial charge in [-0.1, -0.05) is 37.3 Å². The summed E-state index contributed by atoms with van der Waals surface area (Å²) in [4.78, 5) is 40.2. The Labute approximate surface area is 229 Å². The summed E-state index contributed by atoms with van der Waals surface area (Å²) in [7, 11) is 5.66. The van der Waals surface area contributed by atoms with Crippen molar-refractivity contribution in [3.63, 3.8) is 0 Å². The van der Waals surface area contributed by atoms with E-state index < -0.39 is 0 Å². The van der Waals surface area contributed by atoms with Crippen molar-refractivity contribution in [2.75, 3.05) is 46.1 Å². The van der Waals surface area contributed by atoms with E-state index in [2.05, 4.69) is 42.7 Å². The van der Waals surface area contributed by atoms with Crippen LogP contribution in [0.2, 0.25) is 0 Å². The van der Waals surface area contributed by atoms with E-state index in [0.29, 0.717) is 30.0 Å². The number of nitrogens with zero attached hydrogens (tertiary/aromatic N) is 4. The molecule has 1 atom stereocenters. The van der Waals surface area contributed by atoms with Gasteiger partial charge in [0.2, 0.25) is 0 Å². The first-order chi connectivity index (χ1) is 18.9. The summed E-state index contributed by atoms with van der Waals surface area (Å²) in [5.74, 6) is 0.598. The highest BCUT2D eigenvalue weighted by Crippen LogP contribution is 2.27. The van der Waals surface area contributed by atoms with Crippen molar-refractivity contribution in [3.05, 3.63) is 83.8 Å². The van der Waals surface area contributed by atoms with E-state index in [1.54, 1.807) is 19.3 Å². The predicted molar refractivity (Wildman–Crippen MR) is 155 cm³/mol. The van der Waals surface area contributed by atoms with Gasteiger partial charge in [0.1, 0.15) is 12.1 Å². The molecule has 0 spiro atoms. The van der Waals surface area contributed by atoms with Gasteiger partial charge in [-0.25, -0.2) is 9.97 Å². The Balaban J connectivity index is 1.41. The highest BCUT2D eigenvalue weighted by atomic mass is 16.2. The number of carbonyl (C=O) groups excluding carboxylic acids is 2. The number of para-hydroxylation sites is 1. The number of hydrogen-bond acceptors (Lipinski definition) is 7. The molecule has 9 nitrogen and oxygen atoms in total. The Morgan fingerprint density at radius 1 is 0.974 bits per heavy atom. The molecule has 2 amide bonds. The first-order valence-corrected chi connectivity index (χ1v) is 13.1. The molecule has 2 aromatic carbocycles. The van der Waals surface area contributed by atoms with E-state index in [0.717, 1.165) is 40.7 Å². The average molecular weight is 526 g/mol. The lowest BCUT2D eigenvalue weighted by Crippen LogP contribution is -2.27. The number of hydrogen-bond donors (Lipinski definition) is 3. The molecule has 4 aromatic rings. The fourth-order valence-corrected chi connectivity index (χ4v) is 4.40. The second-order valence-corrected chi connectivity index (χ2v) is 9.74. The number of benzene rings is 2. The van der Waals surface area contributed by atoms with Gasteiger partial charge in [0.05, 0.1) is 16.8 Å². The molecule has 0 aliphatic carbocycles. The SMILES string of the molecule is CNC(=O)c1ccnc2c([C@H](C)CNc3cc(-c4ccc(C(=O)NCCCN(C)C)cc4)ncn3)cccc12. The van der Waals surface area contributed by atoms with Gasteiger partial charge in [-0.05, 0) is 50.8 Å². The highest BCUT2D eigenvalue weighted by Gasteiger charge is 2.15. The number of carbonyl (C=O) groups is 2. The molecule has 9 heteroatoms. The lowest BCUT2D eigenvalue weighted by Gasteiger charge is -2.16. The molecule has 3 N–H and O–H groups in total. The second kappa shape index (κ2) is 12.9. The molecule has 39 heavy (non-hydrogen) atoms. The minimum Gasteiger partial charge on any atom is -0.369 e. The van der Waals surface area contributed by atoms with Gasteiger partial charge in [0.15, 0.2) is 0 Å². The van der Waals surface area contributed by atoms with Crippen LogP contribution in [-0.2, 0) is 0 Å². The molecule has 0 saturated carbocycles.